The van der Waals surface area contributed by atoms with Gasteiger partial charge in [-0.2, -0.15) is 0 Å². The van der Waals surface area contributed by atoms with Gasteiger partial charge in [-0.15, -0.1) is 0 Å². The van der Waals surface area contributed by atoms with Crippen LogP contribution in [0.3, 0.4) is 0 Å². The van der Waals surface area contributed by atoms with E-state index in [1.807, 2.05) is 44.1 Å². The van der Waals surface area contributed by atoms with Gasteiger partial charge in [0, 0.05) is 10.9 Å². The second-order valence-corrected chi connectivity index (χ2v) is 5.50. The first kappa shape index (κ1) is 13.8. The number of rotatable bonds is 2. The summed E-state index contributed by atoms with van der Waals surface area (Å²) in [7, 11) is 3.68. The molecule has 0 N–H and O–H groups in total. The van der Waals surface area contributed by atoms with Gasteiger partial charge in [-0.25, -0.2) is 4.79 Å². The van der Waals surface area contributed by atoms with Crippen molar-refractivity contribution in [3.05, 3.63) is 51.4 Å². The smallest absolute Gasteiger partial charge is 0.343 e. The highest BCUT2D eigenvalue weighted by molar-refractivity contribution is 6.04. The molecule has 1 aliphatic rings. The quantitative estimate of drug-likeness (QED) is 0.795. The number of nitrogens with zero attached hydrogens (tertiary/aromatic N) is 1. The number of fused-ring (bicyclic) bond motifs is 3. The first-order valence-corrected chi connectivity index (χ1v) is 7.01. The number of hydrogen-bond donors (Lipinski definition) is 0. The van der Waals surface area contributed by atoms with E-state index in [0.29, 0.717) is 11.1 Å². The molecule has 0 aliphatic heterocycles. The predicted molar refractivity (Wildman–Crippen MR) is 82.3 cm³/mol. The van der Waals surface area contributed by atoms with Gasteiger partial charge in [0.1, 0.15) is 5.58 Å². The van der Waals surface area contributed by atoms with Crippen molar-refractivity contribution < 1.29 is 9.21 Å². The molecule has 0 saturated heterocycles. The minimum atomic E-state index is -0.441. The Balaban J connectivity index is 2.40. The van der Waals surface area contributed by atoms with E-state index >= 15 is 0 Å². The molecule has 4 heteroatoms. The first-order chi connectivity index (χ1) is 10.0. The van der Waals surface area contributed by atoms with Crippen LogP contribution < -0.4 is 5.63 Å². The Morgan fingerprint density at radius 1 is 1.19 bits per heavy atom. The Labute approximate surface area is 122 Å². The number of carbonyl (C=O) groups is 1. The van der Waals surface area contributed by atoms with Gasteiger partial charge in [-0.1, -0.05) is 19.1 Å². The molecular weight excluding hydrogens is 266 g/mol. The highest BCUT2D eigenvalue weighted by Crippen LogP contribution is 2.33. The zero-order valence-corrected chi connectivity index (χ0v) is 12.3. The van der Waals surface area contributed by atoms with Crippen molar-refractivity contribution in [3.8, 4) is 0 Å². The Hall–Kier alpha value is -2.20. The van der Waals surface area contributed by atoms with Gasteiger partial charge in [-0.05, 0) is 44.3 Å². The minimum absolute atomic E-state index is 0.0148. The van der Waals surface area contributed by atoms with E-state index < -0.39 is 6.04 Å². The standard InChI is InChI=1S/C17H17NO3/c1-4-10-5-6-11-14(9-10)21-17(20)12-7-8-13(19)16(15(11)12)18(2)3/h5-9,16H,4H2,1-3H3. The summed E-state index contributed by atoms with van der Waals surface area (Å²) in [6.07, 6.45) is 3.89. The SMILES string of the molecule is CCc1ccc2c3c(c(=O)oc2c1)C=CC(=O)C3N(C)C. The summed E-state index contributed by atoms with van der Waals surface area (Å²) >= 11 is 0. The fraction of sp³-hybridized carbons (Fsp3) is 0.294. The molecule has 4 nitrogen and oxygen atoms in total. The number of ketones is 1. The van der Waals surface area contributed by atoms with Crippen molar-refractivity contribution in [2.45, 2.75) is 19.4 Å². The molecule has 2 aromatic rings. The van der Waals surface area contributed by atoms with Gasteiger partial charge >= 0.3 is 5.63 Å². The van der Waals surface area contributed by atoms with E-state index in [9.17, 15) is 9.59 Å². The van der Waals surface area contributed by atoms with E-state index in [1.165, 1.54) is 6.08 Å². The maximum absolute atomic E-state index is 12.2. The van der Waals surface area contributed by atoms with Gasteiger partial charge in [0.2, 0.25) is 0 Å². The largest absolute Gasteiger partial charge is 0.422 e. The molecule has 21 heavy (non-hydrogen) atoms. The summed E-state index contributed by atoms with van der Waals surface area (Å²) < 4.78 is 5.43. The van der Waals surface area contributed by atoms with Gasteiger partial charge in [0.15, 0.2) is 5.78 Å². The zero-order chi connectivity index (χ0) is 15.1. The lowest BCUT2D eigenvalue weighted by molar-refractivity contribution is -0.119. The molecule has 1 atom stereocenters. The predicted octanol–water partition coefficient (Wildman–Crippen LogP) is 2.55. The molecule has 3 rings (SSSR count). The van der Waals surface area contributed by atoms with Crippen molar-refractivity contribution >= 4 is 22.8 Å². The lowest BCUT2D eigenvalue weighted by atomic mass is 9.89. The molecule has 0 bridgehead atoms. The van der Waals surface area contributed by atoms with Crippen LogP contribution in [0.25, 0.3) is 17.0 Å². The Kier molecular flexibility index (Phi) is 3.26. The summed E-state index contributed by atoms with van der Waals surface area (Å²) in [6.45, 7) is 2.05. The fourth-order valence-electron chi connectivity index (χ4n) is 2.87. The van der Waals surface area contributed by atoms with Crippen molar-refractivity contribution in [2.24, 2.45) is 0 Å². The van der Waals surface area contributed by atoms with Gasteiger partial charge < -0.3 is 4.42 Å². The number of likely N-dealkylation sites (N-methyl/N-ethyl adjacent to an activating group) is 1. The lowest BCUT2D eigenvalue weighted by Crippen LogP contribution is -2.31. The number of aryl methyl sites for hydroxylation is 1. The van der Waals surface area contributed by atoms with Crippen LogP contribution in [0.2, 0.25) is 0 Å². The third kappa shape index (κ3) is 2.12. The van der Waals surface area contributed by atoms with Crippen LogP contribution in [0.15, 0.2) is 33.5 Å². The average molecular weight is 283 g/mol. The summed E-state index contributed by atoms with van der Waals surface area (Å²) in [5.74, 6) is -0.0148. The first-order valence-electron chi connectivity index (χ1n) is 7.01. The maximum Gasteiger partial charge on any atom is 0.343 e. The lowest BCUT2D eigenvalue weighted by Gasteiger charge is -2.27. The molecule has 1 heterocycles. The average Bonchev–Trinajstić information content (AvgIpc) is 2.45. The summed E-state index contributed by atoms with van der Waals surface area (Å²) in [6, 6.07) is 5.40. The molecule has 0 amide bonds. The summed E-state index contributed by atoms with van der Waals surface area (Å²) in [5, 5.41) is 0.832. The molecule has 1 aromatic heterocycles. The molecule has 0 saturated carbocycles. The normalized spacial score (nSPS) is 17.5. The van der Waals surface area contributed by atoms with E-state index in [1.54, 1.807) is 6.08 Å². The summed E-state index contributed by atoms with van der Waals surface area (Å²) in [5.41, 5.74) is 2.49. The van der Waals surface area contributed by atoms with E-state index in [-0.39, 0.29) is 11.4 Å². The molecule has 0 spiro atoms. The zero-order valence-electron chi connectivity index (χ0n) is 12.3. The minimum Gasteiger partial charge on any atom is -0.422 e. The molecule has 1 aromatic carbocycles. The van der Waals surface area contributed by atoms with Gasteiger partial charge in [0.25, 0.3) is 0 Å². The van der Waals surface area contributed by atoms with Crippen molar-refractivity contribution in [3.63, 3.8) is 0 Å². The van der Waals surface area contributed by atoms with E-state index in [0.717, 1.165) is 22.9 Å². The van der Waals surface area contributed by atoms with Crippen LogP contribution in [-0.4, -0.2) is 24.8 Å². The Morgan fingerprint density at radius 3 is 2.62 bits per heavy atom. The van der Waals surface area contributed by atoms with E-state index in [2.05, 4.69) is 0 Å². The van der Waals surface area contributed by atoms with Crippen molar-refractivity contribution in [1.29, 1.82) is 0 Å². The highest BCUT2D eigenvalue weighted by Gasteiger charge is 2.30. The molecular formula is C17H17NO3. The molecule has 0 fully saturated rings. The number of carbonyl (C=O) groups excluding carboxylic acids is 1. The van der Waals surface area contributed by atoms with Crippen LogP contribution in [0.4, 0.5) is 0 Å². The topological polar surface area (TPSA) is 50.5 Å². The van der Waals surface area contributed by atoms with Gasteiger partial charge in [-0.3, -0.25) is 9.69 Å². The van der Waals surface area contributed by atoms with E-state index in [4.69, 9.17) is 4.42 Å². The monoisotopic (exact) mass is 283 g/mol. The van der Waals surface area contributed by atoms with Crippen LogP contribution in [-0.2, 0) is 11.2 Å². The third-order valence-electron chi connectivity index (χ3n) is 3.93. The van der Waals surface area contributed by atoms with Crippen molar-refractivity contribution in [2.75, 3.05) is 14.1 Å². The van der Waals surface area contributed by atoms with Crippen LogP contribution in [0, 0.1) is 0 Å². The molecule has 1 unspecified atom stereocenters. The highest BCUT2D eigenvalue weighted by atomic mass is 16.4. The second-order valence-electron chi connectivity index (χ2n) is 5.50. The molecule has 0 radical (unpaired) electrons. The van der Waals surface area contributed by atoms with Crippen LogP contribution in [0.1, 0.15) is 29.7 Å². The Bertz CT molecular complexity index is 815. The number of benzene rings is 1. The Morgan fingerprint density at radius 2 is 1.95 bits per heavy atom. The van der Waals surface area contributed by atoms with Gasteiger partial charge in [0.05, 0.1) is 11.6 Å². The maximum atomic E-state index is 12.2. The molecule has 108 valence electrons. The second kappa shape index (κ2) is 4.97. The van der Waals surface area contributed by atoms with Crippen LogP contribution >= 0.6 is 0 Å². The van der Waals surface area contributed by atoms with Crippen LogP contribution in [0.5, 0.6) is 0 Å². The fourth-order valence-corrected chi connectivity index (χ4v) is 2.87. The third-order valence-corrected chi connectivity index (χ3v) is 3.93. The number of hydrogen-bond acceptors (Lipinski definition) is 4. The summed E-state index contributed by atoms with van der Waals surface area (Å²) in [4.78, 5) is 26.3. The molecule has 1 aliphatic carbocycles. The van der Waals surface area contributed by atoms with Crippen molar-refractivity contribution in [1.82, 2.24) is 4.90 Å².